The largest absolute Gasteiger partial charge is 0.495 e. The molecule has 4 bridgehead atoms. The SMILES string of the molecule is COC(=O)c1ccc(OC)c(NC(=O)NCC2(O)C3CC4CC(C3)CC2C4)c1. The Hall–Kier alpha value is -2.28. The third-order valence-corrected chi connectivity index (χ3v) is 6.95. The molecule has 1 aromatic carbocycles. The molecule has 1 aromatic rings. The summed E-state index contributed by atoms with van der Waals surface area (Å²) in [4.78, 5) is 24.2. The van der Waals surface area contributed by atoms with Crippen molar-refractivity contribution in [1.82, 2.24) is 5.32 Å². The fraction of sp³-hybridized carbons (Fsp3) is 0.619. The number of benzene rings is 1. The third kappa shape index (κ3) is 3.32. The standard InChI is InChI=1S/C21H28N2O5/c1-27-18-4-3-14(19(24)28-2)10-17(18)23-20(25)22-11-21(26)15-6-12-5-13(8-15)9-16(21)7-12/h3-4,10,12-13,15-16,26H,5-9,11H2,1-2H3,(H2,22,23,25). The van der Waals surface area contributed by atoms with Gasteiger partial charge in [0.1, 0.15) is 5.75 Å². The van der Waals surface area contributed by atoms with Crippen LogP contribution < -0.4 is 15.4 Å². The highest BCUT2D eigenvalue weighted by molar-refractivity contribution is 5.95. The topological polar surface area (TPSA) is 96.9 Å². The van der Waals surface area contributed by atoms with Crippen LogP contribution in [0.3, 0.4) is 0 Å². The van der Waals surface area contributed by atoms with E-state index in [2.05, 4.69) is 10.6 Å². The van der Waals surface area contributed by atoms with Crippen LogP contribution in [0.1, 0.15) is 42.5 Å². The van der Waals surface area contributed by atoms with Crippen LogP contribution in [0.2, 0.25) is 0 Å². The molecule has 0 heterocycles. The van der Waals surface area contributed by atoms with Gasteiger partial charge in [-0.05, 0) is 74.0 Å². The molecule has 0 aromatic heterocycles. The molecule has 4 fully saturated rings. The Labute approximate surface area is 164 Å². The van der Waals surface area contributed by atoms with E-state index in [1.165, 1.54) is 26.7 Å². The van der Waals surface area contributed by atoms with E-state index < -0.39 is 17.6 Å². The van der Waals surface area contributed by atoms with Crippen molar-refractivity contribution in [3.8, 4) is 5.75 Å². The number of amides is 2. The fourth-order valence-corrected chi connectivity index (χ4v) is 5.73. The minimum absolute atomic E-state index is 0.243. The molecule has 4 aliphatic rings. The number of anilines is 1. The second kappa shape index (κ2) is 7.28. The maximum Gasteiger partial charge on any atom is 0.337 e. The fourth-order valence-electron chi connectivity index (χ4n) is 5.73. The number of urea groups is 1. The van der Waals surface area contributed by atoms with Gasteiger partial charge in [0.05, 0.1) is 31.1 Å². The summed E-state index contributed by atoms with van der Waals surface area (Å²) in [6.45, 7) is 0.243. The molecular formula is C21H28N2O5. The smallest absolute Gasteiger partial charge is 0.337 e. The number of hydrogen-bond acceptors (Lipinski definition) is 5. The molecule has 7 nitrogen and oxygen atoms in total. The van der Waals surface area contributed by atoms with Gasteiger partial charge in [-0.3, -0.25) is 0 Å². The molecule has 0 spiro atoms. The highest BCUT2D eigenvalue weighted by Crippen LogP contribution is 2.58. The third-order valence-electron chi connectivity index (χ3n) is 6.95. The van der Waals surface area contributed by atoms with Gasteiger partial charge in [0.15, 0.2) is 0 Å². The number of carbonyl (C=O) groups is 2. The highest BCUT2D eigenvalue weighted by Gasteiger charge is 2.56. The summed E-state index contributed by atoms with van der Waals surface area (Å²) < 4.78 is 9.99. The number of ether oxygens (including phenoxy) is 2. The molecule has 3 N–H and O–H groups in total. The minimum atomic E-state index is -0.817. The summed E-state index contributed by atoms with van der Waals surface area (Å²) in [5.41, 5.74) is -0.124. The summed E-state index contributed by atoms with van der Waals surface area (Å²) >= 11 is 0. The molecule has 4 saturated carbocycles. The van der Waals surface area contributed by atoms with Crippen LogP contribution >= 0.6 is 0 Å². The Morgan fingerprint density at radius 2 is 1.75 bits per heavy atom. The zero-order chi connectivity index (χ0) is 19.9. The van der Waals surface area contributed by atoms with E-state index >= 15 is 0 Å². The Balaban J connectivity index is 1.42. The van der Waals surface area contributed by atoms with Crippen LogP contribution in [-0.4, -0.2) is 43.5 Å². The van der Waals surface area contributed by atoms with Crippen molar-refractivity contribution in [3.63, 3.8) is 0 Å². The molecule has 2 amide bonds. The van der Waals surface area contributed by atoms with Gasteiger partial charge in [-0.15, -0.1) is 0 Å². The Bertz CT molecular complexity index is 750. The molecular weight excluding hydrogens is 360 g/mol. The van der Waals surface area contributed by atoms with Crippen molar-refractivity contribution < 1.29 is 24.2 Å². The Morgan fingerprint density at radius 1 is 1.11 bits per heavy atom. The second-order valence-corrected chi connectivity index (χ2v) is 8.51. The van der Waals surface area contributed by atoms with Gasteiger partial charge in [-0.2, -0.15) is 0 Å². The van der Waals surface area contributed by atoms with Gasteiger partial charge in [-0.1, -0.05) is 0 Å². The average Bonchev–Trinajstić information content (AvgIpc) is 2.69. The lowest BCUT2D eigenvalue weighted by Gasteiger charge is -2.58. The van der Waals surface area contributed by atoms with Gasteiger partial charge >= 0.3 is 12.0 Å². The van der Waals surface area contributed by atoms with E-state index in [0.29, 0.717) is 17.0 Å². The first-order valence-corrected chi connectivity index (χ1v) is 9.96. The molecule has 4 aliphatic carbocycles. The second-order valence-electron chi connectivity index (χ2n) is 8.51. The molecule has 0 radical (unpaired) electrons. The minimum Gasteiger partial charge on any atom is -0.495 e. The first kappa shape index (κ1) is 19.1. The number of esters is 1. The molecule has 5 rings (SSSR count). The number of carbonyl (C=O) groups excluding carboxylic acids is 2. The van der Waals surface area contributed by atoms with Crippen molar-refractivity contribution in [2.45, 2.75) is 37.7 Å². The summed E-state index contributed by atoms with van der Waals surface area (Å²) in [5, 5.41) is 16.9. The first-order valence-electron chi connectivity index (χ1n) is 9.96. The van der Waals surface area contributed by atoms with E-state index in [-0.39, 0.29) is 18.4 Å². The van der Waals surface area contributed by atoms with E-state index in [4.69, 9.17) is 9.47 Å². The maximum absolute atomic E-state index is 12.5. The van der Waals surface area contributed by atoms with Crippen molar-refractivity contribution >= 4 is 17.7 Å². The molecule has 0 saturated heterocycles. The predicted octanol–water partition coefficient (Wildman–Crippen LogP) is 2.79. The predicted molar refractivity (Wildman–Crippen MR) is 103 cm³/mol. The normalized spacial score (nSPS) is 32.7. The van der Waals surface area contributed by atoms with E-state index in [9.17, 15) is 14.7 Å². The zero-order valence-electron chi connectivity index (χ0n) is 16.4. The molecule has 28 heavy (non-hydrogen) atoms. The summed E-state index contributed by atoms with van der Waals surface area (Å²) in [6.07, 6.45) is 5.60. The van der Waals surface area contributed by atoms with Crippen LogP contribution in [-0.2, 0) is 4.74 Å². The molecule has 0 aliphatic heterocycles. The van der Waals surface area contributed by atoms with E-state index in [1.807, 2.05) is 0 Å². The van der Waals surface area contributed by atoms with Crippen molar-refractivity contribution in [2.24, 2.45) is 23.7 Å². The van der Waals surface area contributed by atoms with Crippen LogP contribution in [0.4, 0.5) is 10.5 Å². The van der Waals surface area contributed by atoms with Crippen LogP contribution in [0.25, 0.3) is 0 Å². The number of aliphatic hydroxyl groups is 1. The summed E-state index contributed by atoms with van der Waals surface area (Å²) in [5.74, 6) is 2.01. The lowest BCUT2D eigenvalue weighted by atomic mass is 9.50. The van der Waals surface area contributed by atoms with Crippen LogP contribution in [0.5, 0.6) is 5.75 Å². The summed E-state index contributed by atoms with van der Waals surface area (Å²) in [6, 6.07) is 4.27. The molecule has 0 atom stereocenters. The number of rotatable bonds is 5. The number of nitrogens with one attached hydrogen (secondary N) is 2. The van der Waals surface area contributed by atoms with Crippen LogP contribution in [0.15, 0.2) is 18.2 Å². The van der Waals surface area contributed by atoms with Gasteiger partial charge in [0, 0.05) is 6.54 Å². The maximum atomic E-state index is 12.5. The van der Waals surface area contributed by atoms with E-state index in [1.54, 1.807) is 12.1 Å². The van der Waals surface area contributed by atoms with Crippen molar-refractivity contribution in [3.05, 3.63) is 23.8 Å². The van der Waals surface area contributed by atoms with Crippen LogP contribution in [0, 0.1) is 23.7 Å². The number of methoxy groups -OCH3 is 2. The average molecular weight is 388 g/mol. The molecule has 0 unspecified atom stereocenters. The van der Waals surface area contributed by atoms with E-state index in [0.717, 1.165) is 37.5 Å². The molecule has 152 valence electrons. The van der Waals surface area contributed by atoms with Crippen molar-refractivity contribution in [2.75, 3.05) is 26.1 Å². The Kier molecular flexibility index (Phi) is 4.95. The Morgan fingerprint density at radius 3 is 2.32 bits per heavy atom. The monoisotopic (exact) mass is 388 g/mol. The quantitative estimate of drug-likeness (QED) is 0.674. The van der Waals surface area contributed by atoms with Gasteiger partial charge in [-0.25, -0.2) is 9.59 Å². The van der Waals surface area contributed by atoms with Gasteiger partial charge < -0.3 is 25.2 Å². The number of hydrogen-bond donors (Lipinski definition) is 3. The van der Waals surface area contributed by atoms with Gasteiger partial charge in [0.25, 0.3) is 0 Å². The lowest BCUT2D eigenvalue weighted by molar-refractivity contribution is -0.168. The van der Waals surface area contributed by atoms with Gasteiger partial charge in [0.2, 0.25) is 0 Å². The zero-order valence-corrected chi connectivity index (χ0v) is 16.4. The van der Waals surface area contributed by atoms with Crippen molar-refractivity contribution in [1.29, 1.82) is 0 Å². The highest BCUT2D eigenvalue weighted by atomic mass is 16.5. The molecule has 7 heteroatoms. The first-order chi connectivity index (χ1) is 13.4. The lowest BCUT2D eigenvalue weighted by Crippen LogP contribution is -2.62. The summed E-state index contributed by atoms with van der Waals surface area (Å²) in [7, 11) is 2.80.